The molecule has 1 aliphatic carbocycles. The van der Waals surface area contributed by atoms with Gasteiger partial charge in [0.2, 0.25) is 0 Å². The van der Waals surface area contributed by atoms with Crippen LogP contribution in [0.5, 0.6) is 0 Å². The van der Waals surface area contributed by atoms with Crippen LogP contribution in [0.25, 0.3) is 0 Å². The van der Waals surface area contributed by atoms with Crippen LogP contribution in [-0.4, -0.2) is 19.4 Å². The van der Waals surface area contributed by atoms with Crippen LogP contribution in [0.15, 0.2) is 17.3 Å². The van der Waals surface area contributed by atoms with Crippen molar-refractivity contribution < 1.29 is 9.53 Å². The number of amides is 1. The van der Waals surface area contributed by atoms with E-state index in [4.69, 9.17) is 0 Å². The Bertz CT molecular complexity index is 224. The van der Waals surface area contributed by atoms with Gasteiger partial charge in [0.25, 0.3) is 0 Å². The fourth-order valence-corrected chi connectivity index (χ4v) is 1.19. The molecule has 1 amide bonds. The molecular weight excluding hydrogens is 168 g/mol. The number of carbonyl (C=O) groups excluding carboxylic acids is 1. The second-order valence-corrected chi connectivity index (χ2v) is 2.93. The molecule has 4 nitrogen and oxygen atoms in total. The summed E-state index contributed by atoms with van der Waals surface area (Å²) in [5.41, 5.74) is 2.26. The van der Waals surface area contributed by atoms with Gasteiger partial charge in [0.05, 0.1) is 7.11 Å². The topological polar surface area (TPSA) is 50.7 Å². The third-order valence-electron chi connectivity index (χ3n) is 1.94. The predicted molar refractivity (Wildman–Crippen MR) is 50.5 cm³/mol. The largest absolute Gasteiger partial charge is 0.452 e. The van der Waals surface area contributed by atoms with Crippen LogP contribution in [0, 0.1) is 5.92 Å². The summed E-state index contributed by atoms with van der Waals surface area (Å²) in [6.07, 6.45) is 8.74. The maximum absolute atomic E-state index is 10.6. The summed E-state index contributed by atoms with van der Waals surface area (Å²) in [5, 5.41) is 3.78. The first-order valence-corrected chi connectivity index (χ1v) is 4.35. The van der Waals surface area contributed by atoms with Gasteiger partial charge < -0.3 is 4.74 Å². The molecule has 1 atom stereocenters. The molecule has 0 aliphatic heterocycles. The van der Waals surface area contributed by atoms with Gasteiger partial charge in [-0.2, -0.15) is 5.10 Å². The highest BCUT2D eigenvalue weighted by atomic mass is 16.5. The third kappa shape index (κ3) is 3.73. The molecule has 0 heterocycles. The highest BCUT2D eigenvalue weighted by molar-refractivity contribution is 5.69. The van der Waals surface area contributed by atoms with E-state index in [1.165, 1.54) is 7.11 Å². The first-order chi connectivity index (χ1) is 6.33. The number of hydrogen-bond acceptors (Lipinski definition) is 3. The van der Waals surface area contributed by atoms with E-state index in [0.717, 1.165) is 19.3 Å². The van der Waals surface area contributed by atoms with Crippen molar-refractivity contribution in [2.75, 3.05) is 7.11 Å². The Morgan fingerprint density at radius 1 is 1.69 bits per heavy atom. The lowest BCUT2D eigenvalue weighted by atomic mass is 9.96. The molecule has 1 unspecified atom stereocenters. The molecule has 13 heavy (non-hydrogen) atoms. The average Bonchev–Trinajstić information content (AvgIpc) is 2.19. The van der Waals surface area contributed by atoms with E-state index < -0.39 is 6.09 Å². The number of hydrazone groups is 1. The number of ether oxygens (including phenoxy) is 1. The molecule has 0 fully saturated rings. The maximum Gasteiger partial charge on any atom is 0.427 e. The molecule has 0 spiro atoms. The van der Waals surface area contributed by atoms with Crippen molar-refractivity contribution in [1.82, 2.24) is 5.43 Å². The third-order valence-corrected chi connectivity index (χ3v) is 1.94. The second-order valence-electron chi connectivity index (χ2n) is 2.93. The monoisotopic (exact) mass is 182 g/mol. The van der Waals surface area contributed by atoms with Gasteiger partial charge in [-0.3, -0.25) is 0 Å². The molecular formula is C9H14N2O2. The standard InChI is InChI=1S/C9H14N2O2/c1-13-9(12)11-10-7-8-5-3-2-4-6-8/h2-3,7-8H,4-6H2,1H3,(H,11,12). The van der Waals surface area contributed by atoms with Gasteiger partial charge in [0, 0.05) is 6.21 Å². The summed E-state index contributed by atoms with van der Waals surface area (Å²) in [6, 6.07) is 0. The highest BCUT2D eigenvalue weighted by Crippen LogP contribution is 2.15. The van der Waals surface area contributed by atoms with Gasteiger partial charge in [-0.15, -0.1) is 0 Å². The zero-order valence-corrected chi connectivity index (χ0v) is 7.69. The molecule has 1 rings (SSSR count). The van der Waals surface area contributed by atoms with Gasteiger partial charge >= 0.3 is 6.09 Å². The minimum absolute atomic E-state index is 0.446. The van der Waals surface area contributed by atoms with Crippen LogP contribution in [-0.2, 0) is 4.74 Å². The smallest absolute Gasteiger partial charge is 0.427 e. The Labute approximate surface area is 77.7 Å². The van der Waals surface area contributed by atoms with Crippen molar-refractivity contribution in [3.05, 3.63) is 12.2 Å². The van der Waals surface area contributed by atoms with Crippen LogP contribution in [0.3, 0.4) is 0 Å². The minimum Gasteiger partial charge on any atom is -0.452 e. The summed E-state index contributed by atoms with van der Waals surface area (Å²) < 4.78 is 4.36. The van der Waals surface area contributed by atoms with Crippen LogP contribution < -0.4 is 5.43 Å². The van der Waals surface area contributed by atoms with Gasteiger partial charge in [-0.25, -0.2) is 10.2 Å². The van der Waals surface area contributed by atoms with Crippen LogP contribution in [0.4, 0.5) is 4.79 Å². The molecule has 0 aromatic carbocycles. The van der Waals surface area contributed by atoms with E-state index in [1.807, 2.05) is 0 Å². The second kappa shape index (κ2) is 5.35. The van der Waals surface area contributed by atoms with Crippen molar-refractivity contribution in [2.45, 2.75) is 19.3 Å². The predicted octanol–water partition coefficient (Wildman–Crippen LogP) is 1.68. The lowest BCUT2D eigenvalue weighted by molar-refractivity contribution is 0.171. The lowest BCUT2D eigenvalue weighted by Gasteiger charge is -2.11. The Balaban J connectivity index is 2.23. The number of nitrogens with zero attached hydrogens (tertiary/aromatic N) is 1. The average molecular weight is 182 g/mol. The zero-order valence-electron chi connectivity index (χ0n) is 7.69. The number of hydrogen-bond donors (Lipinski definition) is 1. The Morgan fingerprint density at radius 2 is 2.54 bits per heavy atom. The number of methoxy groups -OCH3 is 1. The maximum atomic E-state index is 10.6. The van der Waals surface area contributed by atoms with Gasteiger partial charge in [0.1, 0.15) is 0 Å². The van der Waals surface area contributed by atoms with Crippen molar-refractivity contribution in [3.8, 4) is 0 Å². The Morgan fingerprint density at radius 3 is 3.15 bits per heavy atom. The highest BCUT2D eigenvalue weighted by Gasteiger charge is 2.06. The van der Waals surface area contributed by atoms with E-state index in [1.54, 1.807) is 6.21 Å². The number of allylic oxidation sites excluding steroid dienone is 2. The van der Waals surface area contributed by atoms with Crippen LogP contribution >= 0.6 is 0 Å². The van der Waals surface area contributed by atoms with E-state index in [2.05, 4.69) is 27.4 Å². The first-order valence-electron chi connectivity index (χ1n) is 4.35. The van der Waals surface area contributed by atoms with E-state index >= 15 is 0 Å². The minimum atomic E-state index is -0.525. The summed E-state index contributed by atoms with van der Waals surface area (Å²) in [6.45, 7) is 0. The molecule has 1 aliphatic rings. The fraction of sp³-hybridized carbons (Fsp3) is 0.556. The summed E-state index contributed by atoms with van der Waals surface area (Å²) in [4.78, 5) is 10.6. The van der Waals surface area contributed by atoms with Gasteiger partial charge in [-0.05, 0) is 25.2 Å². The molecule has 0 saturated heterocycles. The molecule has 0 aromatic heterocycles. The molecule has 0 bridgehead atoms. The number of rotatable bonds is 2. The van der Waals surface area contributed by atoms with Crippen molar-refractivity contribution >= 4 is 12.3 Å². The zero-order chi connectivity index (χ0) is 9.52. The van der Waals surface area contributed by atoms with E-state index in [9.17, 15) is 4.79 Å². The van der Waals surface area contributed by atoms with Gasteiger partial charge in [0.15, 0.2) is 0 Å². The van der Waals surface area contributed by atoms with E-state index in [-0.39, 0.29) is 0 Å². The molecule has 1 N–H and O–H groups in total. The molecule has 0 saturated carbocycles. The van der Waals surface area contributed by atoms with E-state index in [0.29, 0.717) is 5.92 Å². The SMILES string of the molecule is COC(=O)NN=CC1CC=CCC1. The molecule has 0 aromatic rings. The van der Waals surface area contributed by atoms with Crippen LogP contribution in [0.1, 0.15) is 19.3 Å². The van der Waals surface area contributed by atoms with Crippen molar-refractivity contribution in [3.63, 3.8) is 0 Å². The first kappa shape index (κ1) is 9.77. The van der Waals surface area contributed by atoms with Crippen molar-refractivity contribution in [1.29, 1.82) is 0 Å². The Hall–Kier alpha value is -1.32. The number of carbonyl (C=O) groups is 1. The summed E-state index contributed by atoms with van der Waals surface area (Å²) in [7, 11) is 1.31. The van der Waals surface area contributed by atoms with Crippen molar-refractivity contribution in [2.24, 2.45) is 11.0 Å². The number of nitrogens with one attached hydrogen (secondary N) is 1. The normalized spacial score (nSPS) is 21.8. The molecule has 4 heteroatoms. The quantitative estimate of drug-likeness (QED) is 0.401. The Kier molecular flexibility index (Phi) is 4.02. The lowest BCUT2D eigenvalue weighted by Crippen LogP contribution is -2.18. The van der Waals surface area contributed by atoms with Crippen LogP contribution in [0.2, 0.25) is 0 Å². The molecule has 0 radical (unpaired) electrons. The fourth-order valence-electron chi connectivity index (χ4n) is 1.19. The van der Waals surface area contributed by atoms with Gasteiger partial charge in [-0.1, -0.05) is 12.2 Å². The summed E-state index contributed by atoms with van der Waals surface area (Å²) >= 11 is 0. The summed E-state index contributed by atoms with van der Waals surface area (Å²) in [5.74, 6) is 0.446. The molecule has 72 valence electrons.